The number of hydrogen-bond acceptors (Lipinski definition) is 1. The predicted molar refractivity (Wildman–Crippen MR) is 52.1 cm³/mol. The zero-order valence-corrected chi connectivity index (χ0v) is 8.89. The van der Waals surface area contributed by atoms with Crippen LogP contribution in [0.25, 0.3) is 0 Å². The van der Waals surface area contributed by atoms with Crippen LogP contribution >= 0.6 is 0 Å². The molecule has 0 aromatic heterocycles. The van der Waals surface area contributed by atoms with E-state index in [4.69, 9.17) is 5.73 Å². The number of rotatable bonds is 2. The molecule has 0 spiro atoms. The molecular formula is C11H19F2N. The van der Waals surface area contributed by atoms with E-state index in [1.165, 1.54) is 0 Å². The quantitative estimate of drug-likeness (QED) is 0.733. The maximum atomic E-state index is 13.5. The summed E-state index contributed by atoms with van der Waals surface area (Å²) in [5, 5.41) is 0. The second-order valence-electron chi connectivity index (χ2n) is 5.51. The summed E-state index contributed by atoms with van der Waals surface area (Å²) >= 11 is 0. The zero-order chi connectivity index (χ0) is 10.6. The van der Waals surface area contributed by atoms with Crippen molar-refractivity contribution in [2.75, 3.05) is 6.54 Å². The highest BCUT2D eigenvalue weighted by Gasteiger charge is 2.59. The summed E-state index contributed by atoms with van der Waals surface area (Å²) < 4.78 is 27.1. The molecule has 3 unspecified atom stereocenters. The van der Waals surface area contributed by atoms with Gasteiger partial charge in [-0.25, -0.2) is 8.78 Å². The van der Waals surface area contributed by atoms with Gasteiger partial charge in [0.05, 0.1) is 6.54 Å². The second-order valence-corrected chi connectivity index (χ2v) is 5.51. The van der Waals surface area contributed by atoms with Gasteiger partial charge in [-0.15, -0.1) is 0 Å². The molecule has 3 rings (SSSR count). The van der Waals surface area contributed by atoms with Gasteiger partial charge < -0.3 is 5.73 Å². The number of nitrogens with two attached hydrogens (primary N) is 1. The highest BCUT2D eigenvalue weighted by molar-refractivity contribution is 5.06. The number of alkyl halides is 2. The van der Waals surface area contributed by atoms with Gasteiger partial charge >= 0.3 is 0 Å². The topological polar surface area (TPSA) is 26.0 Å². The van der Waals surface area contributed by atoms with Crippen LogP contribution in [0.1, 0.15) is 33.1 Å². The smallest absolute Gasteiger partial charge is 0.263 e. The molecule has 2 bridgehead atoms. The van der Waals surface area contributed by atoms with Crippen LogP contribution in [0.4, 0.5) is 8.78 Å². The molecule has 0 aliphatic heterocycles. The summed E-state index contributed by atoms with van der Waals surface area (Å²) in [5.74, 6) is -2.24. The van der Waals surface area contributed by atoms with Crippen molar-refractivity contribution in [3.63, 3.8) is 0 Å². The lowest BCUT2D eigenvalue weighted by atomic mass is 9.45. The van der Waals surface area contributed by atoms with Gasteiger partial charge in [-0.05, 0) is 36.5 Å². The van der Waals surface area contributed by atoms with Crippen LogP contribution in [0.15, 0.2) is 0 Å². The Morgan fingerprint density at radius 1 is 1.36 bits per heavy atom. The molecule has 3 aliphatic carbocycles. The summed E-state index contributed by atoms with van der Waals surface area (Å²) in [7, 11) is 0. The molecule has 14 heavy (non-hydrogen) atoms. The van der Waals surface area contributed by atoms with Gasteiger partial charge in [-0.1, -0.05) is 13.8 Å². The van der Waals surface area contributed by atoms with Crippen LogP contribution in [-0.2, 0) is 0 Å². The predicted octanol–water partition coefficient (Wildman–Crippen LogP) is 2.65. The lowest BCUT2D eigenvalue weighted by molar-refractivity contribution is -0.186. The van der Waals surface area contributed by atoms with Gasteiger partial charge in [0.15, 0.2) is 0 Å². The van der Waals surface area contributed by atoms with Crippen molar-refractivity contribution in [3.8, 4) is 0 Å². The SMILES string of the molecule is CC1(C)C2CCC(C(F)(F)CN)C1C2. The Morgan fingerprint density at radius 3 is 2.43 bits per heavy atom. The summed E-state index contributed by atoms with van der Waals surface area (Å²) in [6.07, 6.45) is 2.62. The molecule has 0 radical (unpaired) electrons. The molecule has 0 aromatic rings. The maximum Gasteiger partial charge on any atom is 0.263 e. The lowest BCUT2D eigenvalue weighted by Gasteiger charge is -2.61. The molecule has 0 saturated heterocycles. The minimum absolute atomic E-state index is 0.127. The van der Waals surface area contributed by atoms with Gasteiger partial charge in [0.25, 0.3) is 5.92 Å². The fraction of sp³-hybridized carbons (Fsp3) is 1.00. The molecule has 0 heterocycles. The third kappa shape index (κ3) is 1.21. The highest BCUT2D eigenvalue weighted by Crippen LogP contribution is 2.63. The summed E-state index contributed by atoms with van der Waals surface area (Å²) in [4.78, 5) is 0. The van der Waals surface area contributed by atoms with Gasteiger partial charge in [-0.2, -0.15) is 0 Å². The molecule has 3 aliphatic rings. The first kappa shape index (κ1) is 10.3. The van der Waals surface area contributed by atoms with E-state index in [-0.39, 0.29) is 11.3 Å². The minimum Gasteiger partial charge on any atom is -0.325 e. The minimum atomic E-state index is -2.65. The lowest BCUT2D eigenvalue weighted by Crippen LogP contribution is -2.58. The van der Waals surface area contributed by atoms with E-state index in [2.05, 4.69) is 13.8 Å². The Morgan fingerprint density at radius 2 is 2.00 bits per heavy atom. The Balaban J connectivity index is 2.15. The highest BCUT2D eigenvalue weighted by atomic mass is 19.3. The van der Waals surface area contributed by atoms with Crippen LogP contribution in [-0.4, -0.2) is 12.5 Å². The second kappa shape index (κ2) is 2.91. The number of halogens is 2. The standard InChI is InChI=1S/C11H19F2N/c1-10(2)7-3-4-8(9(10)5-7)11(12,13)6-14/h7-9H,3-6,14H2,1-2H3. The van der Waals surface area contributed by atoms with Crippen LogP contribution in [0.5, 0.6) is 0 Å². The first-order valence-corrected chi connectivity index (χ1v) is 5.47. The van der Waals surface area contributed by atoms with Crippen LogP contribution in [0.2, 0.25) is 0 Å². The summed E-state index contributed by atoms with van der Waals surface area (Å²) in [5.41, 5.74) is 5.28. The van der Waals surface area contributed by atoms with Crippen molar-refractivity contribution in [2.45, 2.75) is 39.0 Å². The largest absolute Gasteiger partial charge is 0.325 e. The fourth-order valence-corrected chi connectivity index (χ4v) is 3.47. The first-order valence-electron chi connectivity index (χ1n) is 5.47. The monoisotopic (exact) mass is 203 g/mol. The molecule has 3 atom stereocenters. The third-order valence-corrected chi connectivity index (χ3v) is 4.67. The van der Waals surface area contributed by atoms with Gasteiger partial charge in [0.1, 0.15) is 0 Å². The molecule has 1 nitrogen and oxygen atoms in total. The Hall–Kier alpha value is -0.180. The molecule has 3 saturated carbocycles. The van der Waals surface area contributed by atoms with Gasteiger partial charge in [0, 0.05) is 5.92 Å². The van der Waals surface area contributed by atoms with E-state index in [0.29, 0.717) is 12.3 Å². The van der Waals surface area contributed by atoms with Gasteiger partial charge in [0.2, 0.25) is 0 Å². The third-order valence-electron chi connectivity index (χ3n) is 4.67. The normalized spacial score (nSPS) is 40.5. The van der Waals surface area contributed by atoms with Crippen molar-refractivity contribution < 1.29 is 8.78 Å². The fourth-order valence-electron chi connectivity index (χ4n) is 3.47. The van der Waals surface area contributed by atoms with E-state index < -0.39 is 18.4 Å². The summed E-state index contributed by atoms with van der Waals surface area (Å²) in [6.45, 7) is 3.77. The molecule has 3 fully saturated rings. The van der Waals surface area contributed by atoms with Crippen LogP contribution < -0.4 is 5.73 Å². The summed E-state index contributed by atoms with van der Waals surface area (Å²) in [6, 6.07) is 0. The average Bonchev–Trinajstić information content (AvgIpc) is 2.17. The van der Waals surface area contributed by atoms with Crippen LogP contribution in [0, 0.1) is 23.2 Å². The van der Waals surface area contributed by atoms with Crippen molar-refractivity contribution in [1.82, 2.24) is 0 Å². The van der Waals surface area contributed by atoms with Crippen LogP contribution in [0.3, 0.4) is 0 Å². The Kier molecular flexibility index (Phi) is 2.15. The molecule has 0 amide bonds. The zero-order valence-electron chi connectivity index (χ0n) is 8.89. The first-order chi connectivity index (χ1) is 6.39. The molecular weight excluding hydrogens is 184 g/mol. The van der Waals surface area contributed by atoms with E-state index in [0.717, 1.165) is 12.8 Å². The van der Waals surface area contributed by atoms with Crippen molar-refractivity contribution in [3.05, 3.63) is 0 Å². The molecule has 0 aromatic carbocycles. The van der Waals surface area contributed by atoms with Crippen molar-refractivity contribution in [1.29, 1.82) is 0 Å². The van der Waals surface area contributed by atoms with Crippen molar-refractivity contribution >= 4 is 0 Å². The molecule has 3 heteroatoms. The van der Waals surface area contributed by atoms with Gasteiger partial charge in [-0.3, -0.25) is 0 Å². The van der Waals surface area contributed by atoms with E-state index in [1.807, 2.05) is 0 Å². The Labute approximate surface area is 84.0 Å². The maximum absolute atomic E-state index is 13.5. The van der Waals surface area contributed by atoms with E-state index >= 15 is 0 Å². The van der Waals surface area contributed by atoms with E-state index in [1.54, 1.807) is 0 Å². The Bertz CT molecular complexity index is 235. The number of hydrogen-bond donors (Lipinski definition) is 1. The number of fused-ring (bicyclic) bond motifs is 2. The van der Waals surface area contributed by atoms with Crippen molar-refractivity contribution in [2.24, 2.45) is 28.9 Å². The average molecular weight is 203 g/mol. The molecule has 82 valence electrons. The molecule has 2 N–H and O–H groups in total. The van der Waals surface area contributed by atoms with E-state index in [9.17, 15) is 8.78 Å².